The zero-order valence-electron chi connectivity index (χ0n) is 12.8. The van der Waals surface area contributed by atoms with Gasteiger partial charge in [0.05, 0.1) is 23.4 Å². The second-order valence-electron chi connectivity index (χ2n) is 5.76. The minimum Gasteiger partial charge on any atom is -0.493 e. The Hall–Kier alpha value is -2.59. The highest BCUT2D eigenvalue weighted by Crippen LogP contribution is 2.39. The Balaban J connectivity index is 2.00. The molecule has 1 aliphatic rings. The number of fused-ring (bicyclic) bond motifs is 3. The van der Waals surface area contributed by atoms with Crippen molar-refractivity contribution in [2.75, 3.05) is 6.61 Å². The highest BCUT2D eigenvalue weighted by Gasteiger charge is 2.21. The molecule has 4 rings (SSSR count). The largest absolute Gasteiger partial charge is 0.493 e. The van der Waals surface area contributed by atoms with Crippen molar-refractivity contribution in [3.05, 3.63) is 58.6 Å². The first kappa shape index (κ1) is 15.0. The number of aromatic nitrogens is 1. The molecule has 1 aliphatic heterocycles. The molecule has 3 aromatic rings. The third kappa shape index (κ3) is 2.49. The number of carboxylic acid groups (broad SMARTS) is 1. The minimum atomic E-state index is -0.955. The second-order valence-corrected chi connectivity index (χ2v) is 6.20. The highest BCUT2D eigenvalue weighted by atomic mass is 35.5. The van der Waals surface area contributed by atoms with Crippen LogP contribution in [0.5, 0.6) is 5.75 Å². The molecule has 0 aliphatic carbocycles. The Morgan fingerprint density at radius 2 is 1.96 bits per heavy atom. The number of benzene rings is 2. The third-order valence-electron chi connectivity index (χ3n) is 4.22. The van der Waals surface area contributed by atoms with E-state index in [2.05, 4.69) is 0 Å². The van der Waals surface area contributed by atoms with Gasteiger partial charge >= 0.3 is 5.97 Å². The number of hydrogen-bond acceptors (Lipinski definition) is 3. The highest BCUT2D eigenvalue weighted by molar-refractivity contribution is 6.30. The lowest BCUT2D eigenvalue weighted by Gasteiger charge is -2.22. The van der Waals surface area contributed by atoms with Gasteiger partial charge in [-0.3, -0.25) is 0 Å². The lowest BCUT2D eigenvalue weighted by molar-refractivity contribution is 0.0697. The fourth-order valence-corrected chi connectivity index (χ4v) is 3.20. The quantitative estimate of drug-likeness (QED) is 0.742. The topological polar surface area (TPSA) is 59.4 Å². The van der Waals surface area contributed by atoms with Crippen LogP contribution in [0.25, 0.3) is 22.2 Å². The van der Waals surface area contributed by atoms with E-state index in [4.69, 9.17) is 21.3 Å². The summed E-state index contributed by atoms with van der Waals surface area (Å²) in [6, 6.07) is 12.5. The summed E-state index contributed by atoms with van der Waals surface area (Å²) in [5.41, 5.74) is 3.84. The van der Waals surface area contributed by atoms with Crippen LogP contribution in [0.2, 0.25) is 5.02 Å². The van der Waals surface area contributed by atoms with Gasteiger partial charge in [-0.05, 0) is 43.2 Å². The van der Waals surface area contributed by atoms with Crippen molar-refractivity contribution in [3.8, 4) is 17.0 Å². The van der Waals surface area contributed by atoms with Crippen molar-refractivity contribution in [1.82, 2.24) is 4.98 Å². The van der Waals surface area contributed by atoms with E-state index in [1.807, 2.05) is 24.3 Å². The first-order chi connectivity index (χ1) is 11.6. The molecule has 0 saturated carbocycles. The summed E-state index contributed by atoms with van der Waals surface area (Å²) in [5, 5.41) is 10.7. The van der Waals surface area contributed by atoms with E-state index in [1.54, 1.807) is 18.2 Å². The van der Waals surface area contributed by atoms with Gasteiger partial charge in [0.1, 0.15) is 5.75 Å². The second kappa shape index (κ2) is 5.80. The smallest absolute Gasteiger partial charge is 0.335 e. The number of aromatic carboxylic acids is 1. The molecule has 2 aromatic carbocycles. The molecule has 5 heteroatoms. The molecule has 1 aromatic heterocycles. The van der Waals surface area contributed by atoms with Crippen LogP contribution in [-0.4, -0.2) is 22.7 Å². The van der Waals surface area contributed by atoms with E-state index in [9.17, 15) is 9.90 Å². The molecular weight excluding hydrogens is 326 g/mol. The van der Waals surface area contributed by atoms with Crippen LogP contribution in [0.15, 0.2) is 42.5 Å². The van der Waals surface area contributed by atoms with E-state index in [0.717, 1.165) is 46.3 Å². The molecule has 0 amide bonds. The van der Waals surface area contributed by atoms with E-state index >= 15 is 0 Å². The number of carboxylic acids is 1. The maximum atomic E-state index is 11.3. The van der Waals surface area contributed by atoms with E-state index in [0.29, 0.717) is 11.6 Å². The van der Waals surface area contributed by atoms with E-state index in [1.165, 1.54) is 0 Å². The monoisotopic (exact) mass is 339 g/mol. The van der Waals surface area contributed by atoms with Gasteiger partial charge in [-0.2, -0.15) is 0 Å². The summed E-state index contributed by atoms with van der Waals surface area (Å²) in [7, 11) is 0. The number of halogens is 1. The average molecular weight is 340 g/mol. The number of ether oxygens (including phenoxy) is 1. The van der Waals surface area contributed by atoms with Crippen LogP contribution in [0.3, 0.4) is 0 Å². The SMILES string of the molecule is O=C(O)c1ccc2nc(-c3ccc(Cl)cc3)c3c(c2c1)OCCC3. The van der Waals surface area contributed by atoms with E-state index < -0.39 is 5.97 Å². The van der Waals surface area contributed by atoms with Gasteiger partial charge < -0.3 is 9.84 Å². The molecule has 2 heterocycles. The predicted molar refractivity (Wildman–Crippen MR) is 93.0 cm³/mol. The molecule has 0 unspecified atom stereocenters. The summed E-state index contributed by atoms with van der Waals surface area (Å²) < 4.78 is 5.90. The minimum absolute atomic E-state index is 0.236. The van der Waals surface area contributed by atoms with E-state index in [-0.39, 0.29) is 5.56 Å². The van der Waals surface area contributed by atoms with Crippen molar-refractivity contribution in [2.45, 2.75) is 12.8 Å². The van der Waals surface area contributed by atoms with Gasteiger partial charge in [0.25, 0.3) is 0 Å². The van der Waals surface area contributed by atoms with Crippen LogP contribution in [0.1, 0.15) is 22.3 Å². The molecule has 120 valence electrons. The Labute approximate surface area is 143 Å². The molecule has 0 spiro atoms. The summed E-state index contributed by atoms with van der Waals surface area (Å²) in [4.78, 5) is 16.0. The average Bonchev–Trinajstić information content (AvgIpc) is 2.61. The molecule has 0 saturated heterocycles. The van der Waals surface area contributed by atoms with Crippen molar-refractivity contribution < 1.29 is 14.6 Å². The molecule has 0 atom stereocenters. The third-order valence-corrected chi connectivity index (χ3v) is 4.47. The lowest BCUT2D eigenvalue weighted by atomic mass is 9.96. The van der Waals surface area contributed by atoms with Gasteiger partial charge in [0.15, 0.2) is 0 Å². The van der Waals surface area contributed by atoms with Crippen LogP contribution in [-0.2, 0) is 6.42 Å². The van der Waals surface area contributed by atoms with Gasteiger partial charge in [0, 0.05) is 21.5 Å². The Kier molecular flexibility index (Phi) is 3.62. The maximum absolute atomic E-state index is 11.3. The first-order valence-corrected chi connectivity index (χ1v) is 8.10. The van der Waals surface area contributed by atoms with Gasteiger partial charge in [-0.15, -0.1) is 0 Å². The standard InChI is InChI=1S/C19H14ClNO3/c20-13-6-3-11(4-7-13)17-14-2-1-9-24-18(14)15-10-12(19(22)23)5-8-16(15)21-17/h3-8,10H,1-2,9H2,(H,22,23). The number of rotatable bonds is 2. The van der Waals surface area contributed by atoms with Gasteiger partial charge in [-0.25, -0.2) is 9.78 Å². The molecule has 0 radical (unpaired) electrons. The Morgan fingerprint density at radius 3 is 2.71 bits per heavy atom. The van der Waals surface area contributed by atoms with Gasteiger partial charge in [-0.1, -0.05) is 23.7 Å². The Bertz CT molecular complexity index is 951. The van der Waals surface area contributed by atoms with Crippen LogP contribution < -0.4 is 4.74 Å². The van der Waals surface area contributed by atoms with Crippen molar-refractivity contribution >= 4 is 28.5 Å². The first-order valence-electron chi connectivity index (χ1n) is 7.72. The normalized spacial score (nSPS) is 13.4. The molecule has 0 bridgehead atoms. The molecule has 0 fully saturated rings. The predicted octanol–water partition coefficient (Wildman–Crippen LogP) is 4.58. The summed E-state index contributed by atoms with van der Waals surface area (Å²) in [5.74, 6) is -0.206. The van der Waals surface area contributed by atoms with Crippen LogP contribution >= 0.6 is 11.6 Å². The lowest BCUT2D eigenvalue weighted by Crippen LogP contribution is -2.11. The number of nitrogens with zero attached hydrogens (tertiary/aromatic N) is 1. The van der Waals surface area contributed by atoms with Crippen LogP contribution in [0, 0.1) is 0 Å². The van der Waals surface area contributed by atoms with Gasteiger partial charge in [0.2, 0.25) is 0 Å². The summed E-state index contributed by atoms with van der Waals surface area (Å²) in [6.07, 6.45) is 1.77. The fourth-order valence-electron chi connectivity index (χ4n) is 3.07. The zero-order chi connectivity index (χ0) is 16.7. The fraction of sp³-hybridized carbons (Fsp3) is 0.158. The van der Waals surface area contributed by atoms with Crippen LogP contribution in [0.4, 0.5) is 0 Å². The Morgan fingerprint density at radius 1 is 1.17 bits per heavy atom. The summed E-state index contributed by atoms with van der Waals surface area (Å²) in [6.45, 7) is 0.628. The number of carbonyl (C=O) groups is 1. The van der Waals surface area contributed by atoms with Crippen molar-refractivity contribution in [1.29, 1.82) is 0 Å². The molecular formula is C19H14ClNO3. The van der Waals surface area contributed by atoms with Crippen molar-refractivity contribution in [2.24, 2.45) is 0 Å². The zero-order valence-corrected chi connectivity index (χ0v) is 13.5. The molecule has 4 nitrogen and oxygen atoms in total. The summed E-state index contributed by atoms with van der Waals surface area (Å²) >= 11 is 5.98. The molecule has 24 heavy (non-hydrogen) atoms. The van der Waals surface area contributed by atoms with Crippen molar-refractivity contribution in [3.63, 3.8) is 0 Å². The maximum Gasteiger partial charge on any atom is 0.335 e. The number of pyridine rings is 1. The number of hydrogen-bond donors (Lipinski definition) is 1. The molecule has 1 N–H and O–H groups in total.